The molecule has 6 heteroatoms. The van der Waals surface area contributed by atoms with Crippen molar-refractivity contribution in [3.8, 4) is 0 Å². The van der Waals surface area contributed by atoms with Crippen molar-refractivity contribution in [3.05, 3.63) is 35.6 Å². The lowest BCUT2D eigenvalue weighted by Gasteiger charge is -2.32. The number of carbonyl (C=O) groups excluding carboxylic acids is 1. The van der Waals surface area contributed by atoms with Crippen LogP contribution in [0.5, 0.6) is 0 Å². The monoisotopic (exact) mass is 366 g/mol. The maximum absolute atomic E-state index is 13.0. The van der Waals surface area contributed by atoms with Gasteiger partial charge >= 0.3 is 0 Å². The van der Waals surface area contributed by atoms with Crippen LogP contribution in [-0.2, 0) is 11.3 Å². The number of halogens is 1. The third-order valence-corrected chi connectivity index (χ3v) is 4.57. The molecule has 1 aromatic carbocycles. The molecule has 1 amide bonds. The molecule has 0 spiro atoms. The second-order valence-electron chi connectivity index (χ2n) is 6.64. The summed E-state index contributed by atoms with van der Waals surface area (Å²) in [6.45, 7) is 5.87. The van der Waals surface area contributed by atoms with E-state index in [1.807, 2.05) is 50.1 Å². The Kier molecular flexibility index (Phi) is 6.87. The minimum absolute atomic E-state index is 0. The molecule has 1 unspecified atom stereocenters. The lowest BCUT2D eigenvalue weighted by Crippen LogP contribution is -2.47. The van der Waals surface area contributed by atoms with Gasteiger partial charge in [-0.2, -0.15) is 0 Å². The smallest absolute Gasteiger partial charge is 0.290 e. The Hall–Kier alpha value is -1.56. The van der Waals surface area contributed by atoms with Gasteiger partial charge in [0.2, 0.25) is 0 Å². The Morgan fingerprint density at radius 1 is 1.40 bits per heavy atom. The number of nitrogens with one attached hydrogen (secondary N) is 1. The number of likely N-dealkylation sites (tertiary alicyclic amines) is 1. The second kappa shape index (κ2) is 8.70. The number of hydrogen-bond acceptors (Lipinski definition) is 4. The summed E-state index contributed by atoms with van der Waals surface area (Å²) >= 11 is 0. The molecule has 0 aliphatic carbocycles. The summed E-state index contributed by atoms with van der Waals surface area (Å²) in [5.74, 6) is 0.391. The molecule has 1 aliphatic heterocycles. The number of benzene rings is 1. The third-order valence-electron chi connectivity index (χ3n) is 4.57. The number of furan rings is 1. The number of para-hydroxylation sites is 1. The van der Waals surface area contributed by atoms with E-state index in [-0.39, 0.29) is 24.4 Å². The highest BCUT2D eigenvalue weighted by atomic mass is 35.5. The van der Waals surface area contributed by atoms with Gasteiger partial charge in [-0.3, -0.25) is 4.79 Å². The molecule has 3 rings (SSSR count). The maximum atomic E-state index is 13.0. The standard InChI is InChI=1S/C19H26N2O3.ClH/c1-13(2)23-12-16-15-8-4-5-9-17(15)24-18(16)19(22)21-10-6-7-14(11-21)20-3;/h4-5,8-9,13-14,20H,6-7,10-12H2,1-3H3;1H. The van der Waals surface area contributed by atoms with Crippen molar-refractivity contribution in [1.29, 1.82) is 0 Å². The number of amides is 1. The predicted octanol–water partition coefficient (Wildman–Crippen LogP) is 3.60. The van der Waals surface area contributed by atoms with Crippen LogP contribution in [0.1, 0.15) is 42.8 Å². The van der Waals surface area contributed by atoms with Crippen LogP contribution in [0.15, 0.2) is 28.7 Å². The minimum atomic E-state index is -0.0338. The number of ether oxygens (including phenoxy) is 1. The molecule has 2 heterocycles. The largest absolute Gasteiger partial charge is 0.451 e. The molecular formula is C19H27ClN2O3. The molecule has 1 N–H and O–H groups in total. The van der Waals surface area contributed by atoms with Gasteiger partial charge in [-0.05, 0) is 39.8 Å². The van der Waals surface area contributed by atoms with Gasteiger partial charge in [0.1, 0.15) is 5.58 Å². The first kappa shape index (κ1) is 19.8. The van der Waals surface area contributed by atoms with Crippen LogP contribution in [0, 0.1) is 0 Å². The highest BCUT2D eigenvalue weighted by Crippen LogP contribution is 2.28. The Morgan fingerprint density at radius 2 is 2.16 bits per heavy atom. The number of fused-ring (bicyclic) bond motifs is 1. The Labute approximate surface area is 155 Å². The van der Waals surface area contributed by atoms with Gasteiger partial charge in [0, 0.05) is 30.1 Å². The van der Waals surface area contributed by atoms with Crippen LogP contribution < -0.4 is 5.32 Å². The summed E-state index contributed by atoms with van der Waals surface area (Å²) in [7, 11) is 1.95. The van der Waals surface area contributed by atoms with E-state index in [2.05, 4.69) is 5.32 Å². The first-order chi connectivity index (χ1) is 11.6. The van der Waals surface area contributed by atoms with E-state index in [1.54, 1.807) is 0 Å². The number of hydrogen-bond donors (Lipinski definition) is 1. The van der Waals surface area contributed by atoms with Crippen molar-refractivity contribution < 1.29 is 13.9 Å². The molecule has 1 aliphatic rings. The fourth-order valence-corrected chi connectivity index (χ4v) is 3.21. The number of likely N-dealkylation sites (N-methyl/N-ethyl adjacent to an activating group) is 1. The molecular weight excluding hydrogens is 340 g/mol. The van der Waals surface area contributed by atoms with Crippen LogP contribution in [0.25, 0.3) is 11.0 Å². The Bertz CT molecular complexity index is 714. The zero-order valence-corrected chi connectivity index (χ0v) is 15.9. The van der Waals surface area contributed by atoms with Crippen molar-refractivity contribution in [2.45, 2.75) is 45.4 Å². The lowest BCUT2D eigenvalue weighted by molar-refractivity contribution is 0.0589. The average Bonchev–Trinajstić information content (AvgIpc) is 2.98. The first-order valence-electron chi connectivity index (χ1n) is 8.68. The molecule has 0 saturated carbocycles. The van der Waals surface area contributed by atoms with E-state index in [0.717, 1.165) is 42.5 Å². The summed E-state index contributed by atoms with van der Waals surface area (Å²) in [4.78, 5) is 14.9. The predicted molar refractivity (Wildman–Crippen MR) is 101 cm³/mol. The zero-order chi connectivity index (χ0) is 17.1. The summed E-state index contributed by atoms with van der Waals surface area (Å²) in [6, 6.07) is 8.12. The SMILES string of the molecule is CNC1CCCN(C(=O)c2oc3ccccc3c2COC(C)C)C1.Cl. The molecule has 0 radical (unpaired) electrons. The van der Waals surface area contributed by atoms with Crippen LogP contribution in [0.4, 0.5) is 0 Å². The second-order valence-corrected chi connectivity index (χ2v) is 6.64. The summed E-state index contributed by atoms with van der Waals surface area (Å²) in [5.41, 5.74) is 1.60. The summed E-state index contributed by atoms with van der Waals surface area (Å²) in [5, 5.41) is 4.23. The highest BCUT2D eigenvalue weighted by molar-refractivity contribution is 5.99. The third kappa shape index (κ3) is 4.35. The normalized spacial score (nSPS) is 17.8. The molecule has 25 heavy (non-hydrogen) atoms. The van der Waals surface area contributed by atoms with Gasteiger partial charge in [0.25, 0.3) is 5.91 Å². The van der Waals surface area contributed by atoms with Crippen molar-refractivity contribution >= 4 is 29.3 Å². The van der Waals surface area contributed by atoms with E-state index < -0.39 is 0 Å². The van der Waals surface area contributed by atoms with Crippen LogP contribution in [-0.4, -0.2) is 43.1 Å². The molecule has 1 atom stereocenters. The van der Waals surface area contributed by atoms with E-state index in [0.29, 0.717) is 18.4 Å². The van der Waals surface area contributed by atoms with E-state index in [9.17, 15) is 4.79 Å². The highest BCUT2D eigenvalue weighted by Gasteiger charge is 2.29. The average molecular weight is 367 g/mol. The molecule has 0 bridgehead atoms. The van der Waals surface area contributed by atoms with Crippen LogP contribution >= 0.6 is 12.4 Å². The fraction of sp³-hybridized carbons (Fsp3) is 0.526. The first-order valence-corrected chi connectivity index (χ1v) is 8.68. The Morgan fingerprint density at radius 3 is 2.88 bits per heavy atom. The summed E-state index contributed by atoms with van der Waals surface area (Å²) in [6.07, 6.45) is 2.21. The lowest BCUT2D eigenvalue weighted by atomic mass is 10.0. The van der Waals surface area contributed by atoms with E-state index in [1.165, 1.54) is 0 Å². The zero-order valence-electron chi connectivity index (χ0n) is 15.1. The maximum Gasteiger partial charge on any atom is 0.290 e. The van der Waals surface area contributed by atoms with Gasteiger partial charge in [-0.25, -0.2) is 0 Å². The number of rotatable bonds is 5. The van der Waals surface area contributed by atoms with Crippen LogP contribution in [0.2, 0.25) is 0 Å². The van der Waals surface area contributed by atoms with Crippen molar-refractivity contribution in [3.63, 3.8) is 0 Å². The quantitative estimate of drug-likeness (QED) is 0.878. The van der Waals surface area contributed by atoms with Gasteiger partial charge in [0.15, 0.2) is 5.76 Å². The van der Waals surface area contributed by atoms with Gasteiger partial charge < -0.3 is 19.4 Å². The molecule has 1 aromatic heterocycles. The Balaban J connectivity index is 0.00000225. The van der Waals surface area contributed by atoms with Crippen molar-refractivity contribution in [2.75, 3.05) is 20.1 Å². The number of nitrogens with zero attached hydrogens (tertiary/aromatic N) is 1. The molecule has 1 fully saturated rings. The molecule has 138 valence electrons. The van der Waals surface area contributed by atoms with Crippen LogP contribution in [0.3, 0.4) is 0 Å². The summed E-state index contributed by atoms with van der Waals surface area (Å²) < 4.78 is 11.7. The number of piperidine rings is 1. The topological polar surface area (TPSA) is 54.7 Å². The number of carbonyl (C=O) groups is 1. The van der Waals surface area contributed by atoms with E-state index >= 15 is 0 Å². The van der Waals surface area contributed by atoms with E-state index in [4.69, 9.17) is 9.15 Å². The van der Waals surface area contributed by atoms with Gasteiger partial charge in [-0.1, -0.05) is 18.2 Å². The molecule has 1 saturated heterocycles. The molecule has 5 nitrogen and oxygen atoms in total. The minimum Gasteiger partial charge on any atom is -0.451 e. The van der Waals surface area contributed by atoms with Gasteiger partial charge in [-0.15, -0.1) is 12.4 Å². The van der Waals surface area contributed by atoms with Crippen molar-refractivity contribution in [2.24, 2.45) is 0 Å². The fourth-order valence-electron chi connectivity index (χ4n) is 3.21. The van der Waals surface area contributed by atoms with Gasteiger partial charge in [0.05, 0.1) is 12.7 Å². The molecule has 2 aromatic rings. The van der Waals surface area contributed by atoms with Crippen molar-refractivity contribution in [1.82, 2.24) is 10.2 Å².